The average Bonchev–Trinajstić information content (AvgIpc) is 3.04. The number of nitrogens with two attached hydrogens (primary N) is 1. The van der Waals surface area contributed by atoms with Gasteiger partial charge >= 0.3 is 18.1 Å². The van der Waals surface area contributed by atoms with Crippen LogP contribution in [0.25, 0.3) is 0 Å². The van der Waals surface area contributed by atoms with Gasteiger partial charge in [0.15, 0.2) is 5.78 Å². The zero-order valence-corrected chi connectivity index (χ0v) is 25.8. The van der Waals surface area contributed by atoms with E-state index in [4.69, 9.17) is 19.9 Å². The van der Waals surface area contributed by atoms with E-state index in [0.717, 1.165) is 18.2 Å². The predicted molar refractivity (Wildman–Crippen MR) is 163 cm³/mol. The van der Waals surface area contributed by atoms with E-state index in [2.05, 4.69) is 0 Å². The van der Waals surface area contributed by atoms with Crippen molar-refractivity contribution in [2.45, 2.75) is 38.3 Å². The molecule has 47 heavy (non-hydrogen) atoms. The highest BCUT2D eigenvalue weighted by molar-refractivity contribution is 6.14. The Balaban J connectivity index is 1.86. The standard InChI is InChI=1S/C35H32F4N2O6/c1-4-46-33(43)28-24(19-10-8-13-22(16-19)45-3)18-26-29(31(28)42)27(23-14-6-7-15-25(23)36)30(34(44)47-5-2)32(40)41(26)21-12-9-11-20(17-21)35(37,38)39/h6-17,24,27-28H,4-5,18,40H2,1-3H3/t24-,27+,28-/m1/s1. The lowest BCUT2D eigenvalue weighted by Crippen LogP contribution is -2.46. The summed E-state index contributed by atoms with van der Waals surface area (Å²) < 4.78 is 73.4. The third-order valence-electron chi connectivity index (χ3n) is 8.24. The Morgan fingerprint density at radius 1 is 0.957 bits per heavy atom. The highest BCUT2D eigenvalue weighted by Crippen LogP contribution is 2.52. The number of hydrogen-bond acceptors (Lipinski definition) is 8. The molecule has 0 bridgehead atoms. The molecule has 0 saturated carbocycles. The molecule has 0 aromatic heterocycles. The zero-order chi connectivity index (χ0) is 34.0. The summed E-state index contributed by atoms with van der Waals surface area (Å²) in [5, 5.41) is 0. The maximum atomic E-state index is 15.6. The first kappa shape index (κ1) is 33.2. The van der Waals surface area contributed by atoms with Crippen molar-refractivity contribution in [3.05, 3.63) is 118 Å². The molecule has 3 aromatic carbocycles. The lowest BCUT2D eigenvalue weighted by molar-refractivity contribution is -0.152. The summed E-state index contributed by atoms with van der Waals surface area (Å²) in [6.45, 7) is 2.95. The van der Waals surface area contributed by atoms with Gasteiger partial charge in [0.2, 0.25) is 0 Å². The van der Waals surface area contributed by atoms with Gasteiger partial charge in [-0.3, -0.25) is 14.5 Å². The number of carbonyl (C=O) groups excluding carboxylic acids is 3. The number of allylic oxidation sites excluding steroid dienone is 2. The van der Waals surface area contributed by atoms with Crippen LogP contribution in [0.4, 0.5) is 23.2 Å². The minimum atomic E-state index is -4.73. The number of anilines is 1. The van der Waals surface area contributed by atoms with E-state index in [9.17, 15) is 27.6 Å². The molecule has 5 rings (SSSR count). The van der Waals surface area contributed by atoms with Gasteiger partial charge in [0, 0.05) is 28.4 Å². The van der Waals surface area contributed by atoms with E-state index in [1.54, 1.807) is 31.2 Å². The molecule has 3 aromatic rings. The van der Waals surface area contributed by atoms with Gasteiger partial charge in [-0.05, 0) is 62.2 Å². The minimum Gasteiger partial charge on any atom is -0.497 e. The molecule has 8 nitrogen and oxygen atoms in total. The van der Waals surface area contributed by atoms with Gasteiger partial charge in [-0.25, -0.2) is 9.18 Å². The summed E-state index contributed by atoms with van der Waals surface area (Å²) in [5.74, 6) is -7.15. The van der Waals surface area contributed by atoms with Crippen LogP contribution in [0.3, 0.4) is 0 Å². The van der Waals surface area contributed by atoms with Crippen LogP contribution >= 0.6 is 0 Å². The summed E-state index contributed by atoms with van der Waals surface area (Å²) in [4.78, 5) is 43.2. The number of benzene rings is 3. The minimum absolute atomic E-state index is 0.0482. The van der Waals surface area contributed by atoms with Crippen LogP contribution in [0.15, 0.2) is 95.5 Å². The van der Waals surface area contributed by atoms with Crippen molar-refractivity contribution in [3.8, 4) is 5.75 Å². The number of nitrogens with zero attached hydrogens (tertiary/aromatic N) is 1. The van der Waals surface area contributed by atoms with Crippen LogP contribution in [0.1, 0.15) is 48.8 Å². The molecule has 1 aliphatic carbocycles. The molecule has 0 spiro atoms. The van der Waals surface area contributed by atoms with Crippen LogP contribution < -0.4 is 15.4 Å². The molecule has 0 unspecified atom stereocenters. The molecule has 0 amide bonds. The normalized spacial score (nSPS) is 19.8. The Morgan fingerprint density at radius 2 is 1.66 bits per heavy atom. The molecule has 0 fully saturated rings. The molecule has 2 N–H and O–H groups in total. The number of ketones is 1. The zero-order valence-electron chi connectivity index (χ0n) is 25.8. The van der Waals surface area contributed by atoms with Crippen molar-refractivity contribution in [3.63, 3.8) is 0 Å². The number of halogens is 4. The van der Waals surface area contributed by atoms with Crippen molar-refractivity contribution in [2.75, 3.05) is 25.2 Å². The lowest BCUT2D eigenvalue weighted by atomic mass is 9.66. The Kier molecular flexibility index (Phi) is 9.41. The second-order valence-corrected chi connectivity index (χ2v) is 10.9. The van der Waals surface area contributed by atoms with E-state index < -0.39 is 53.0 Å². The Morgan fingerprint density at radius 3 is 2.32 bits per heavy atom. The van der Waals surface area contributed by atoms with Gasteiger partial charge in [0.1, 0.15) is 23.3 Å². The maximum Gasteiger partial charge on any atom is 0.416 e. The first-order valence-electron chi connectivity index (χ1n) is 14.9. The van der Waals surface area contributed by atoms with Crippen LogP contribution in [0, 0.1) is 11.7 Å². The number of alkyl halides is 3. The van der Waals surface area contributed by atoms with Gasteiger partial charge < -0.3 is 19.9 Å². The molecule has 246 valence electrons. The van der Waals surface area contributed by atoms with E-state index in [1.165, 1.54) is 49.3 Å². The van der Waals surface area contributed by atoms with Crippen molar-refractivity contribution < 1.29 is 46.2 Å². The Hall–Kier alpha value is -5.13. The van der Waals surface area contributed by atoms with Crippen molar-refractivity contribution in [1.82, 2.24) is 0 Å². The molecule has 12 heteroatoms. The quantitative estimate of drug-likeness (QED) is 0.170. The van der Waals surface area contributed by atoms with E-state index >= 15 is 4.39 Å². The fourth-order valence-corrected chi connectivity index (χ4v) is 6.26. The van der Waals surface area contributed by atoms with E-state index in [-0.39, 0.29) is 53.5 Å². The van der Waals surface area contributed by atoms with Gasteiger partial charge in [0.25, 0.3) is 0 Å². The molecule has 0 radical (unpaired) electrons. The fourth-order valence-electron chi connectivity index (χ4n) is 6.26. The molecule has 2 aliphatic rings. The number of Topliss-reactive ketones (excluding diaryl/α,β-unsaturated/α-hetero) is 1. The van der Waals surface area contributed by atoms with Crippen LogP contribution in [0.2, 0.25) is 0 Å². The maximum absolute atomic E-state index is 15.6. The largest absolute Gasteiger partial charge is 0.497 e. The number of hydrogen-bond donors (Lipinski definition) is 1. The third kappa shape index (κ3) is 6.19. The topological polar surface area (TPSA) is 108 Å². The highest BCUT2D eigenvalue weighted by atomic mass is 19.4. The monoisotopic (exact) mass is 652 g/mol. The number of methoxy groups -OCH3 is 1. The van der Waals surface area contributed by atoms with Crippen molar-refractivity contribution in [2.24, 2.45) is 11.7 Å². The van der Waals surface area contributed by atoms with Crippen molar-refractivity contribution in [1.29, 1.82) is 0 Å². The van der Waals surface area contributed by atoms with Crippen LogP contribution in [-0.4, -0.2) is 38.0 Å². The summed E-state index contributed by atoms with van der Waals surface area (Å²) in [7, 11) is 1.45. The number of esters is 2. The second-order valence-electron chi connectivity index (χ2n) is 10.9. The molecule has 1 heterocycles. The summed E-state index contributed by atoms with van der Waals surface area (Å²) >= 11 is 0. The Bertz CT molecular complexity index is 1780. The van der Waals surface area contributed by atoms with Gasteiger partial charge in [-0.15, -0.1) is 0 Å². The first-order chi connectivity index (χ1) is 22.4. The summed E-state index contributed by atoms with van der Waals surface area (Å²) in [6.07, 6.45) is -4.86. The Labute approximate surface area is 268 Å². The summed E-state index contributed by atoms with van der Waals surface area (Å²) in [5.41, 5.74) is 5.54. The SMILES string of the molecule is CCOC(=O)C1=C(N)N(c2cccc(C(F)(F)F)c2)C2=C(C(=O)[C@H](C(=O)OCC)[C@@H](c3cccc(OC)c3)C2)[C@@H]1c1ccccc1F. The number of ether oxygens (including phenoxy) is 3. The van der Waals surface area contributed by atoms with Crippen LogP contribution in [-0.2, 0) is 30.0 Å². The molecule has 3 atom stereocenters. The lowest BCUT2D eigenvalue weighted by Gasteiger charge is -2.44. The molecule has 0 saturated heterocycles. The fraction of sp³-hybridized carbons (Fsp3) is 0.286. The average molecular weight is 653 g/mol. The smallest absolute Gasteiger partial charge is 0.416 e. The molecular weight excluding hydrogens is 620 g/mol. The van der Waals surface area contributed by atoms with E-state index in [0.29, 0.717) is 11.3 Å². The molecule has 1 aliphatic heterocycles. The third-order valence-corrected chi connectivity index (χ3v) is 8.24. The summed E-state index contributed by atoms with van der Waals surface area (Å²) in [6, 6.07) is 16.4. The molecular formula is C35H32F4N2O6. The number of carbonyl (C=O) groups is 3. The van der Waals surface area contributed by atoms with Gasteiger partial charge in [-0.2, -0.15) is 13.2 Å². The second kappa shape index (κ2) is 13.3. The number of rotatable bonds is 8. The highest BCUT2D eigenvalue weighted by Gasteiger charge is 2.52. The van der Waals surface area contributed by atoms with Gasteiger partial charge in [-0.1, -0.05) is 36.4 Å². The van der Waals surface area contributed by atoms with Crippen LogP contribution in [0.5, 0.6) is 5.75 Å². The van der Waals surface area contributed by atoms with E-state index in [1.807, 2.05) is 0 Å². The predicted octanol–water partition coefficient (Wildman–Crippen LogP) is 6.38. The van der Waals surface area contributed by atoms with Gasteiger partial charge in [0.05, 0.1) is 37.4 Å². The van der Waals surface area contributed by atoms with Crippen molar-refractivity contribution >= 4 is 23.4 Å². The first-order valence-corrected chi connectivity index (χ1v) is 14.9.